The Morgan fingerprint density at radius 2 is 0.875 bits per heavy atom. The minimum Gasteiger partial charge on any atom is -0.141 e. The van der Waals surface area contributed by atoms with Gasteiger partial charge in [0.2, 0.25) is 0 Å². The minimum absolute atomic E-state index is 0.187. The van der Waals surface area contributed by atoms with Gasteiger partial charge in [-0.2, -0.15) is 0 Å². The van der Waals surface area contributed by atoms with Gasteiger partial charge < -0.3 is 0 Å². The number of hydrogen-bond acceptors (Lipinski definition) is 2. The molecule has 1 aromatic heterocycles. The van der Waals surface area contributed by atoms with Crippen molar-refractivity contribution in [2.45, 2.75) is 77.8 Å². The Hall–Kier alpha value is -2.25. The third kappa shape index (κ3) is 4.08. The molecule has 6 fully saturated rings. The molecule has 0 aromatic carbocycles. The molecule has 0 spiro atoms. The molecule has 0 aliphatic heterocycles. The SMILES string of the molecule is C[Si](C)(C)C#CC12CC(C#Cc3ccc(C#CC45CC(C#C[Si](C)(C)C)(C4)C5)nn3)(C1)C2. The molecule has 32 heavy (non-hydrogen) atoms. The monoisotopic (exact) mass is 452 g/mol. The molecule has 0 N–H and O–H groups in total. The van der Waals surface area contributed by atoms with Crippen LogP contribution in [0.5, 0.6) is 0 Å². The van der Waals surface area contributed by atoms with E-state index in [1.165, 1.54) is 0 Å². The Morgan fingerprint density at radius 1 is 0.562 bits per heavy atom. The van der Waals surface area contributed by atoms with Gasteiger partial charge in [-0.1, -0.05) is 51.1 Å². The van der Waals surface area contributed by atoms with Crippen molar-refractivity contribution in [3.8, 4) is 46.6 Å². The van der Waals surface area contributed by atoms with Gasteiger partial charge in [0, 0.05) is 21.7 Å². The summed E-state index contributed by atoms with van der Waals surface area (Å²) in [5.41, 5.74) is 9.51. The average Bonchev–Trinajstić information content (AvgIpc) is 2.55. The first-order chi connectivity index (χ1) is 14.8. The molecule has 7 rings (SSSR count). The van der Waals surface area contributed by atoms with Crippen molar-refractivity contribution in [1.29, 1.82) is 0 Å². The van der Waals surface area contributed by atoms with E-state index in [9.17, 15) is 0 Å². The zero-order chi connectivity index (χ0) is 22.9. The maximum atomic E-state index is 4.30. The lowest BCUT2D eigenvalue weighted by Crippen LogP contribution is -2.60. The van der Waals surface area contributed by atoms with E-state index in [1.54, 1.807) is 0 Å². The van der Waals surface area contributed by atoms with Crippen LogP contribution in [0.3, 0.4) is 0 Å². The first kappa shape index (κ1) is 21.6. The zero-order valence-corrected chi connectivity index (χ0v) is 22.3. The summed E-state index contributed by atoms with van der Waals surface area (Å²) in [6.07, 6.45) is 6.79. The molecule has 4 heteroatoms. The molecule has 6 aliphatic carbocycles. The van der Waals surface area contributed by atoms with Crippen LogP contribution in [-0.2, 0) is 0 Å². The number of hydrogen-bond donors (Lipinski definition) is 0. The van der Waals surface area contributed by atoms with Crippen molar-refractivity contribution in [2.75, 3.05) is 0 Å². The molecule has 4 bridgehead atoms. The summed E-state index contributed by atoms with van der Waals surface area (Å²) < 4.78 is 0. The fourth-order valence-corrected chi connectivity index (χ4v) is 6.89. The van der Waals surface area contributed by atoms with Crippen molar-refractivity contribution in [1.82, 2.24) is 10.2 Å². The van der Waals surface area contributed by atoms with Crippen LogP contribution in [0.1, 0.15) is 49.9 Å². The van der Waals surface area contributed by atoms with Gasteiger partial charge in [0.15, 0.2) is 0 Å². The van der Waals surface area contributed by atoms with E-state index in [4.69, 9.17) is 0 Å². The fourth-order valence-electron chi connectivity index (χ4n) is 5.61. The highest BCUT2D eigenvalue weighted by Crippen LogP contribution is 2.73. The topological polar surface area (TPSA) is 25.8 Å². The molecule has 1 heterocycles. The van der Waals surface area contributed by atoms with Crippen molar-refractivity contribution in [2.24, 2.45) is 21.7 Å². The van der Waals surface area contributed by atoms with Crippen LogP contribution < -0.4 is 0 Å². The van der Waals surface area contributed by atoms with Crippen LogP contribution in [0.2, 0.25) is 39.3 Å². The highest BCUT2D eigenvalue weighted by atomic mass is 28.3. The Bertz CT molecular complexity index is 1090. The summed E-state index contributed by atoms with van der Waals surface area (Å²) in [5, 5.41) is 8.61. The molecule has 2 nitrogen and oxygen atoms in total. The molecule has 0 atom stereocenters. The van der Waals surface area contributed by atoms with E-state index in [2.05, 4.69) is 96.1 Å². The van der Waals surface area contributed by atoms with E-state index >= 15 is 0 Å². The summed E-state index contributed by atoms with van der Waals surface area (Å²) in [5.74, 6) is 20.6. The third-order valence-electron chi connectivity index (χ3n) is 7.04. The van der Waals surface area contributed by atoms with Gasteiger partial charge in [0.05, 0.1) is 0 Å². The summed E-state index contributed by atoms with van der Waals surface area (Å²) >= 11 is 0. The molecule has 6 saturated carbocycles. The van der Waals surface area contributed by atoms with E-state index < -0.39 is 16.1 Å². The van der Waals surface area contributed by atoms with Gasteiger partial charge >= 0.3 is 0 Å². The van der Waals surface area contributed by atoms with E-state index in [0.717, 1.165) is 49.9 Å². The van der Waals surface area contributed by atoms with Crippen LogP contribution in [0.4, 0.5) is 0 Å². The molecule has 0 unspecified atom stereocenters. The van der Waals surface area contributed by atoms with Gasteiger partial charge in [-0.3, -0.25) is 0 Å². The smallest absolute Gasteiger partial charge is 0.136 e. The Kier molecular flexibility index (Phi) is 4.48. The molecule has 162 valence electrons. The first-order valence-corrected chi connectivity index (χ1v) is 18.8. The zero-order valence-electron chi connectivity index (χ0n) is 20.3. The Balaban J connectivity index is 1.15. The molecule has 0 saturated heterocycles. The summed E-state index contributed by atoms with van der Waals surface area (Å²) in [4.78, 5) is 0. The summed E-state index contributed by atoms with van der Waals surface area (Å²) in [6, 6.07) is 3.92. The minimum atomic E-state index is -1.29. The number of aromatic nitrogens is 2. The molecule has 0 radical (unpaired) electrons. The van der Waals surface area contributed by atoms with Gasteiger partial charge in [-0.25, -0.2) is 0 Å². The van der Waals surface area contributed by atoms with E-state index in [1.807, 2.05) is 12.1 Å². The highest BCUT2D eigenvalue weighted by molar-refractivity contribution is 6.84. The molecule has 0 amide bonds. The molecular formula is C28H32N2Si2. The lowest BCUT2D eigenvalue weighted by molar-refractivity contribution is -0.113. The van der Waals surface area contributed by atoms with Crippen LogP contribution in [0, 0.1) is 68.3 Å². The predicted octanol–water partition coefficient (Wildman–Crippen LogP) is 5.28. The molecular weight excluding hydrogens is 420 g/mol. The maximum absolute atomic E-state index is 4.30. The average molecular weight is 453 g/mol. The highest BCUT2D eigenvalue weighted by Gasteiger charge is 2.67. The lowest BCUT2D eigenvalue weighted by atomic mass is 9.36. The van der Waals surface area contributed by atoms with E-state index in [0.29, 0.717) is 0 Å². The van der Waals surface area contributed by atoms with Crippen molar-refractivity contribution in [3.63, 3.8) is 0 Å². The van der Waals surface area contributed by atoms with Gasteiger partial charge in [0.25, 0.3) is 0 Å². The standard InChI is InChI=1S/C28H32N2Si2/c1-31(2,3)15-13-27-17-25(18-27,19-27)11-9-23-7-8-24(30-29-23)10-12-26-20-28(21-26,22-26)14-16-32(4,5)6/h7-8H,17-22H2,1-6H3. The summed E-state index contributed by atoms with van der Waals surface area (Å²) in [6.45, 7) is 13.9. The largest absolute Gasteiger partial charge is 0.141 e. The Morgan fingerprint density at radius 3 is 1.16 bits per heavy atom. The van der Waals surface area contributed by atoms with Crippen LogP contribution >= 0.6 is 0 Å². The Labute approximate surface area is 195 Å². The van der Waals surface area contributed by atoms with E-state index in [-0.39, 0.29) is 21.7 Å². The first-order valence-electron chi connectivity index (χ1n) is 11.8. The second kappa shape index (κ2) is 6.64. The normalized spacial score (nSPS) is 35.2. The quantitative estimate of drug-likeness (QED) is 0.395. The molecule has 1 aromatic rings. The maximum Gasteiger partial charge on any atom is 0.136 e. The van der Waals surface area contributed by atoms with Gasteiger partial charge in [0.1, 0.15) is 27.5 Å². The second-order valence-corrected chi connectivity index (χ2v) is 22.5. The lowest BCUT2D eigenvalue weighted by Gasteiger charge is -2.66. The number of nitrogens with zero attached hydrogens (tertiary/aromatic N) is 2. The van der Waals surface area contributed by atoms with Crippen molar-refractivity contribution < 1.29 is 0 Å². The third-order valence-corrected chi connectivity index (χ3v) is 8.79. The van der Waals surface area contributed by atoms with Crippen molar-refractivity contribution >= 4 is 16.1 Å². The second-order valence-electron chi connectivity index (χ2n) is 13.0. The van der Waals surface area contributed by atoms with Crippen LogP contribution in [-0.4, -0.2) is 26.3 Å². The predicted molar refractivity (Wildman–Crippen MR) is 135 cm³/mol. The van der Waals surface area contributed by atoms with Gasteiger partial charge in [-0.15, -0.1) is 33.1 Å². The van der Waals surface area contributed by atoms with Gasteiger partial charge in [-0.05, 0) is 62.5 Å². The van der Waals surface area contributed by atoms with Crippen LogP contribution in [0.25, 0.3) is 0 Å². The fraction of sp³-hybridized carbons (Fsp3) is 0.571. The molecule has 6 aliphatic rings. The number of rotatable bonds is 0. The van der Waals surface area contributed by atoms with Crippen LogP contribution in [0.15, 0.2) is 12.1 Å². The van der Waals surface area contributed by atoms with Crippen molar-refractivity contribution in [3.05, 3.63) is 23.5 Å². The summed E-state index contributed by atoms with van der Waals surface area (Å²) in [7, 11) is -2.57.